The minimum atomic E-state index is -2.54. The van der Waals surface area contributed by atoms with Gasteiger partial charge in [0, 0.05) is 6.42 Å². The number of methoxy groups -OCH3 is 1. The SMILES string of the molecule is COC(=O)C(C)C(=O)CCOCC(F)F. The Morgan fingerprint density at radius 1 is 1.33 bits per heavy atom. The summed E-state index contributed by atoms with van der Waals surface area (Å²) in [5.41, 5.74) is 0. The van der Waals surface area contributed by atoms with E-state index < -0.39 is 24.9 Å². The highest BCUT2D eigenvalue weighted by Crippen LogP contribution is 2.03. The van der Waals surface area contributed by atoms with E-state index in [1.54, 1.807) is 0 Å². The molecule has 1 atom stereocenters. The number of esters is 1. The molecule has 0 fully saturated rings. The van der Waals surface area contributed by atoms with Crippen LogP contribution >= 0.6 is 0 Å². The molecule has 88 valence electrons. The van der Waals surface area contributed by atoms with Crippen LogP contribution in [0.2, 0.25) is 0 Å². The molecule has 0 aromatic heterocycles. The van der Waals surface area contributed by atoms with Gasteiger partial charge in [0.25, 0.3) is 6.43 Å². The van der Waals surface area contributed by atoms with Crippen molar-refractivity contribution in [3.63, 3.8) is 0 Å². The second-order valence-electron chi connectivity index (χ2n) is 2.93. The molecular formula is C9H14F2O4. The average molecular weight is 224 g/mol. The summed E-state index contributed by atoms with van der Waals surface area (Å²) in [7, 11) is 1.18. The topological polar surface area (TPSA) is 52.6 Å². The number of Topliss-reactive ketones (excluding diaryl/α,β-unsaturated/α-hetero) is 1. The number of rotatable bonds is 7. The largest absolute Gasteiger partial charge is 0.468 e. The summed E-state index contributed by atoms with van der Waals surface area (Å²) in [5, 5.41) is 0. The van der Waals surface area contributed by atoms with E-state index in [1.807, 2.05) is 0 Å². The minimum absolute atomic E-state index is 0.0665. The molecule has 0 saturated carbocycles. The van der Waals surface area contributed by atoms with E-state index in [2.05, 4.69) is 9.47 Å². The van der Waals surface area contributed by atoms with Crippen molar-refractivity contribution in [3.05, 3.63) is 0 Å². The number of hydrogen-bond donors (Lipinski definition) is 0. The lowest BCUT2D eigenvalue weighted by Gasteiger charge is -2.08. The number of carbonyl (C=O) groups excluding carboxylic acids is 2. The molecule has 0 radical (unpaired) electrons. The van der Waals surface area contributed by atoms with E-state index >= 15 is 0 Å². The summed E-state index contributed by atoms with van der Waals surface area (Å²) in [4.78, 5) is 22.1. The van der Waals surface area contributed by atoms with Gasteiger partial charge in [-0.15, -0.1) is 0 Å². The molecule has 0 spiro atoms. The summed E-state index contributed by atoms with van der Waals surface area (Å²) in [5.74, 6) is -1.88. The average Bonchev–Trinajstić information content (AvgIpc) is 2.21. The minimum Gasteiger partial charge on any atom is -0.468 e. The highest BCUT2D eigenvalue weighted by atomic mass is 19.3. The first-order chi connectivity index (χ1) is 6.99. The van der Waals surface area contributed by atoms with Crippen LogP contribution in [-0.2, 0) is 19.1 Å². The van der Waals surface area contributed by atoms with Gasteiger partial charge in [0.05, 0.1) is 13.7 Å². The lowest BCUT2D eigenvalue weighted by molar-refractivity contribution is -0.148. The Hall–Kier alpha value is -1.04. The van der Waals surface area contributed by atoms with Crippen LogP contribution in [-0.4, -0.2) is 38.5 Å². The van der Waals surface area contributed by atoms with Crippen molar-refractivity contribution in [2.24, 2.45) is 5.92 Å². The zero-order valence-corrected chi connectivity index (χ0v) is 8.66. The Labute approximate surface area is 86.5 Å². The molecule has 0 N–H and O–H groups in total. The monoisotopic (exact) mass is 224 g/mol. The van der Waals surface area contributed by atoms with E-state index in [4.69, 9.17) is 0 Å². The maximum absolute atomic E-state index is 11.6. The molecule has 0 aromatic carbocycles. The van der Waals surface area contributed by atoms with Crippen molar-refractivity contribution in [2.45, 2.75) is 19.8 Å². The predicted octanol–water partition coefficient (Wildman–Crippen LogP) is 1.04. The summed E-state index contributed by atoms with van der Waals surface area (Å²) in [6.45, 7) is 0.603. The number of carbonyl (C=O) groups is 2. The molecule has 0 heterocycles. The summed E-state index contributed by atoms with van der Waals surface area (Å²) < 4.78 is 32.1. The van der Waals surface area contributed by atoms with Crippen molar-refractivity contribution in [2.75, 3.05) is 20.3 Å². The third-order valence-corrected chi connectivity index (χ3v) is 1.77. The van der Waals surface area contributed by atoms with Gasteiger partial charge in [-0.3, -0.25) is 9.59 Å². The maximum atomic E-state index is 11.6. The second-order valence-corrected chi connectivity index (χ2v) is 2.93. The van der Waals surface area contributed by atoms with Gasteiger partial charge in [0.1, 0.15) is 18.3 Å². The lowest BCUT2D eigenvalue weighted by Crippen LogP contribution is -2.23. The normalized spacial score (nSPS) is 12.6. The van der Waals surface area contributed by atoms with E-state index in [1.165, 1.54) is 14.0 Å². The van der Waals surface area contributed by atoms with Gasteiger partial charge in [0.2, 0.25) is 0 Å². The maximum Gasteiger partial charge on any atom is 0.315 e. The number of halogens is 2. The molecule has 0 rings (SSSR count). The first kappa shape index (κ1) is 14.0. The third-order valence-electron chi connectivity index (χ3n) is 1.77. The van der Waals surface area contributed by atoms with Crippen molar-refractivity contribution >= 4 is 11.8 Å². The Bertz CT molecular complexity index is 218. The van der Waals surface area contributed by atoms with Crippen LogP contribution in [0.15, 0.2) is 0 Å². The molecule has 4 nitrogen and oxygen atoms in total. The third kappa shape index (κ3) is 6.11. The van der Waals surface area contributed by atoms with Gasteiger partial charge in [-0.25, -0.2) is 8.78 Å². The first-order valence-electron chi connectivity index (χ1n) is 4.45. The van der Waals surface area contributed by atoms with E-state index in [0.717, 1.165) is 0 Å². The standard InChI is InChI=1S/C9H14F2O4/c1-6(9(13)14-2)7(12)3-4-15-5-8(10)11/h6,8H,3-5H2,1-2H3. The molecule has 6 heteroatoms. The zero-order chi connectivity index (χ0) is 11.8. The second kappa shape index (κ2) is 7.28. The van der Waals surface area contributed by atoms with Crippen LogP contribution in [0.1, 0.15) is 13.3 Å². The van der Waals surface area contributed by atoms with Crippen LogP contribution in [0.4, 0.5) is 8.78 Å². The molecular weight excluding hydrogens is 210 g/mol. The fourth-order valence-corrected chi connectivity index (χ4v) is 0.870. The van der Waals surface area contributed by atoms with Gasteiger partial charge in [-0.1, -0.05) is 0 Å². The quantitative estimate of drug-likeness (QED) is 0.368. The van der Waals surface area contributed by atoms with Crippen LogP contribution in [0, 0.1) is 5.92 Å². The van der Waals surface area contributed by atoms with Crippen LogP contribution in [0.25, 0.3) is 0 Å². The van der Waals surface area contributed by atoms with E-state index in [9.17, 15) is 18.4 Å². The Balaban J connectivity index is 3.69. The number of ketones is 1. The number of ether oxygens (including phenoxy) is 2. The van der Waals surface area contributed by atoms with Gasteiger partial charge in [-0.2, -0.15) is 0 Å². The Morgan fingerprint density at radius 2 is 1.93 bits per heavy atom. The molecule has 0 bridgehead atoms. The highest BCUT2D eigenvalue weighted by molar-refractivity contribution is 5.98. The smallest absolute Gasteiger partial charge is 0.315 e. The molecule has 0 aromatic rings. The van der Waals surface area contributed by atoms with Gasteiger partial charge >= 0.3 is 5.97 Å². The molecule has 0 saturated heterocycles. The van der Waals surface area contributed by atoms with E-state index in [-0.39, 0.29) is 18.8 Å². The molecule has 15 heavy (non-hydrogen) atoms. The van der Waals surface area contributed by atoms with Crippen molar-refractivity contribution < 1.29 is 27.8 Å². The van der Waals surface area contributed by atoms with Gasteiger partial charge < -0.3 is 9.47 Å². The van der Waals surface area contributed by atoms with Crippen LogP contribution in [0.5, 0.6) is 0 Å². The summed E-state index contributed by atoms with van der Waals surface area (Å²) in [6.07, 6.45) is -2.61. The van der Waals surface area contributed by atoms with Crippen molar-refractivity contribution in [3.8, 4) is 0 Å². The predicted molar refractivity (Wildman–Crippen MR) is 47.6 cm³/mol. The lowest BCUT2D eigenvalue weighted by atomic mass is 10.1. The molecule has 0 amide bonds. The Kier molecular flexibility index (Phi) is 6.77. The number of alkyl halides is 2. The molecule has 0 aliphatic rings. The zero-order valence-electron chi connectivity index (χ0n) is 8.66. The highest BCUT2D eigenvalue weighted by Gasteiger charge is 2.21. The fraction of sp³-hybridized carbons (Fsp3) is 0.778. The van der Waals surface area contributed by atoms with Crippen LogP contribution in [0.3, 0.4) is 0 Å². The first-order valence-corrected chi connectivity index (χ1v) is 4.45. The summed E-state index contributed by atoms with van der Waals surface area (Å²) >= 11 is 0. The van der Waals surface area contributed by atoms with Gasteiger partial charge in [0.15, 0.2) is 0 Å². The summed E-state index contributed by atoms with van der Waals surface area (Å²) in [6, 6.07) is 0. The fourth-order valence-electron chi connectivity index (χ4n) is 0.870. The molecule has 0 aliphatic carbocycles. The van der Waals surface area contributed by atoms with Crippen molar-refractivity contribution in [1.29, 1.82) is 0 Å². The Morgan fingerprint density at radius 3 is 2.40 bits per heavy atom. The molecule has 1 unspecified atom stereocenters. The van der Waals surface area contributed by atoms with E-state index in [0.29, 0.717) is 0 Å². The van der Waals surface area contributed by atoms with Crippen molar-refractivity contribution in [1.82, 2.24) is 0 Å². The number of hydrogen-bond acceptors (Lipinski definition) is 4. The van der Waals surface area contributed by atoms with Crippen LogP contribution < -0.4 is 0 Å². The molecule has 0 aliphatic heterocycles. The van der Waals surface area contributed by atoms with Gasteiger partial charge in [-0.05, 0) is 6.92 Å².